The molecule has 0 fully saturated rings. The van der Waals surface area contributed by atoms with Crippen molar-refractivity contribution in [3.63, 3.8) is 0 Å². The molecule has 0 heterocycles. The van der Waals surface area contributed by atoms with E-state index in [2.05, 4.69) is 5.43 Å². The Hall–Kier alpha value is -0.750. The number of rotatable bonds is 1. The van der Waals surface area contributed by atoms with Crippen molar-refractivity contribution in [2.75, 3.05) is 14.1 Å². The van der Waals surface area contributed by atoms with Crippen molar-refractivity contribution >= 4 is 0 Å². The quantitative estimate of drug-likeness (QED) is 0.266. The van der Waals surface area contributed by atoms with Crippen LogP contribution in [0.15, 0.2) is 0 Å². The fourth-order valence-corrected chi connectivity index (χ4v) is 0.100. The van der Waals surface area contributed by atoms with Crippen LogP contribution >= 0.6 is 0 Å². The molecule has 0 saturated carbocycles. The molecule has 6 heavy (non-hydrogen) atoms. The molecule has 0 spiro atoms. The summed E-state index contributed by atoms with van der Waals surface area (Å²) in [4.78, 5) is 0. The SMILES string of the molecule is CN(C)NC#N. The van der Waals surface area contributed by atoms with E-state index >= 15 is 0 Å². The van der Waals surface area contributed by atoms with Crippen molar-refractivity contribution in [3.05, 3.63) is 0 Å². The van der Waals surface area contributed by atoms with Gasteiger partial charge in [0.2, 0.25) is 0 Å². The van der Waals surface area contributed by atoms with Gasteiger partial charge in [-0.1, -0.05) is 0 Å². The maximum Gasteiger partial charge on any atom is 0.192 e. The van der Waals surface area contributed by atoms with Gasteiger partial charge in [-0.2, -0.15) is 5.26 Å². The molecule has 0 aromatic rings. The molecule has 0 aliphatic carbocycles. The van der Waals surface area contributed by atoms with Gasteiger partial charge in [0.15, 0.2) is 6.19 Å². The van der Waals surface area contributed by atoms with Crippen molar-refractivity contribution < 1.29 is 0 Å². The lowest BCUT2D eigenvalue weighted by Crippen LogP contribution is -2.24. The third kappa shape index (κ3) is 3.25. The molecule has 0 atom stereocenters. The van der Waals surface area contributed by atoms with Crippen molar-refractivity contribution in [1.29, 1.82) is 5.26 Å². The minimum Gasteiger partial charge on any atom is -0.256 e. The summed E-state index contributed by atoms with van der Waals surface area (Å²) in [7, 11) is 3.51. The van der Waals surface area contributed by atoms with Crippen LogP contribution in [0.25, 0.3) is 0 Å². The van der Waals surface area contributed by atoms with Gasteiger partial charge in [0.25, 0.3) is 0 Å². The Morgan fingerprint density at radius 1 is 1.67 bits per heavy atom. The molecule has 0 aliphatic rings. The first-order valence-corrected chi connectivity index (χ1v) is 1.59. The highest BCUT2D eigenvalue weighted by Crippen LogP contribution is 1.53. The van der Waals surface area contributed by atoms with Gasteiger partial charge in [-0.05, 0) is 0 Å². The maximum absolute atomic E-state index is 7.83. The number of nitrogens with zero attached hydrogens (tertiary/aromatic N) is 2. The molecular formula is C3H7N3. The summed E-state index contributed by atoms with van der Waals surface area (Å²) >= 11 is 0. The van der Waals surface area contributed by atoms with E-state index < -0.39 is 0 Å². The Labute approximate surface area is 37.1 Å². The van der Waals surface area contributed by atoms with Crippen LogP contribution in [0.3, 0.4) is 0 Å². The largest absolute Gasteiger partial charge is 0.256 e. The molecule has 0 bridgehead atoms. The molecule has 0 rings (SSSR count). The Kier molecular flexibility index (Phi) is 2.17. The summed E-state index contributed by atoms with van der Waals surface area (Å²) in [6.45, 7) is 0. The lowest BCUT2D eigenvalue weighted by Gasteiger charge is -2.01. The molecule has 0 aromatic heterocycles. The lowest BCUT2D eigenvalue weighted by atomic mass is 11.1. The normalized spacial score (nSPS) is 7.67. The second kappa shape index (κ2) is 2.49. The number of hydrogen-bond donors (Lipinski definition) is 1. The van der Waals surface area contributed by atoms with Gasteiger partial charge in [0.1, 0.15) is 0 Å². The van der Waals surface area contributed by atoms with E-state index in [1.807, 2.05) is 0 Å². The van der Waals surface area contributed by atoms with Gasteiger partial charge in [-0.3, -0.25) is 5.43 Å². The fourth-order valence-electron chi connectivity index (χ4n) is 0.100. The number of hydrogen-bond acceptors (Lipinski definition) is 3. The Morgan fingerprint density at radius 2 is 2.17 bits per heavy atom. The molecule has 3 nitrogen and oxygen atoms in total. The molecule has 3 heteroatoms. The number of nitriles is 1. The molecule has 0 saturated heterocycles. The highest BCUT2D eigenvalue weighted by atomic mass is 15.5. The predicted octanol–water partition coefficient (Wildman–Crippen LogP) is -0.466. The molecule has 0 aromatic carbocycles. The Bertz CT molecular complexity index is 60.9. The van der Waals surface area contributed by atoms with E-state index in [-0.39, 0.29) is 0 Å². The van der Waals surface area contributed by atoms with Crippen LogP contribution in [-0.4, -0.2) is 19.1 Å². The molecule has 0 aliphatic heterocycles. The Morgan fingerprint density at radius 3 is 2.17 bits per heavy atom. The van der Waals surface area contributed by atoms with Crippen molar-refractivity contribution in [1.82, 2.24) is 10.4 Å². The molecule has 0 unspecified atom stereocenters. The second-order valence-electron chi connectivity index (χ2n) is 1.12. The third-order valence-corrected chi connectivity index (χ3v) is 0.274. The van der Waals surface area contributed by atoms with Gasteiger partial charge in [-0.25, -0.2) is 5.01 Å². The predicted molar refractivity (Wildman–Crippen MR) is 22.4 cm³/mol. The summed E-state index contributed by atoms with van der Waals surface area (Å²) in [6, 6.07) is 0. The van der Waals surface area contributed by atoms with E-state index in [4.69, 9.17) is 5.26 Å². The average molecular weight is 85.1 g/mol. The molecule has 0 radical (unpaired) electrons. The monoisotopic (exact) mass is 85.1 g/mol. The Balaban J connectivity index is 2.88. The molecule has 1 N–H and O–H groups in total. The molecule has 34 valence electrons. The molecule has 0 amide bonds. The fraction of sp³-hybridized carbons (Fsp3) is 0.667. The summed E-state index contributed by atoms with van der Waals surface area (Å²) in [5.74, 6) is 0. The van der Waals surface area contributed by atoms with Gasteiger partial charge >= 0.3 is 0 Å². The third-order valence-electron chi connectivity index (χ3n) is 0.274. The smallest absolute Gasteiger partial charge is 0.192 e. The van der Waals surface area contributed by atoms with E-state index in [0.717, 1.165) is 0 Å². The van der Waals surface area contributed by atoms with Crippen LogP contribution in [0, 0.1) is 11.5 Å². The first kappa shape index (κ1) is 5.25. The minimum absolute atomic E-state index is 1.57. The van der Waals surface area contributed by atoms with E-state index in [9.17, 15) is 0 Å². The first-order chi connectivity index (χ1) is 2.77. The van der Waals surface area contributed by atoms with Crippen LogP contribution in [0.2, 0.25) is 0 Å². The second-order valence-corrected chi connectivity index (χ2v) is 1.12. The summed E-state index contributed by atoms with van der Waals surface area (Å²) in [6.07, 6.45) is 1.74. The summed E-state index contributed by atoms with van der Waals surface area (Å²) in [5.41, 5.74) is 2.35. The van der Waals surface area contributed by atoms with Crippen LogP contribution in [0.1, 0.15) is 0 Å². The maximum atomic E-state index is 7.83. The summed E-state index contributed by atoms with van der Waals surface area (Å²) < 4.78 is 0. The highest BCUT2D eigenvalue weighted by molar-refractivity contribution is 4.57. The van der Waals surface area contributed by atoms with Crippen molar-refractivity contribution in [2.45, 2.75) is 0 Å². The van der Waals surface area contributed by atoms with Crippen molar-refractivity contribution in [2.24, 2.45) is 0 Å². The van der Waals surface area contributed by atoms with Crippen LogP contribution in [0.4, 0.5) is 0 Å². The van der Waals surface area contributed by atoms with E-state index in [0.29, 0.717) is 0 Å². The van der Waals surface area contributed by atoms with Gasteiger partial charge in [0, 0.05) is 14.1 Å². The van der Waals surface area contributed by atoms with Crippen LogP contribution in [0.5, 0.6) is 0 Å². The van der Waals surface area contributed by atoms with Gasteiger partial charge < -0.3 is 0 Å². The lowest BCUT2D eigenvalue weighted by molar-refractivity contribution is 0.350. The zero-order valence-corrected chi connectivity index (χ0v) is 3.89. The molecular weight excluding hydrogens is 78.1 g/mol. The van der Waals surface area contributed by atoms with E-state index in [1.54, 1.807) is 25.3 Å². The summed E-state index contributed by atoms with van der Waals surface area (Å²) in [5, 5.41) is 9.40. The van der Waals surface area contributed by atoms with Crippen LogP contribution < -0.4 is 5.43 Å². The topological polar surface area (TPSA) is 39.1 Å². The first-order valence-electron chi connectivity index (χ1n) is 1.59. The van der Waals surface area contributed by atoms with Gasteiger partial charge in [0.05, 0.1) is 0 Å². The van der Waals surface area contributed by atoms with Gasteiger partial charge in [-0.15, -0.1) is 0 Å². The van der Waals surface area contributed by atoms with E-state index in [1.165, 1.54) is 0 Å². The van der Waals surface area contributed by atoms with Crippen molar-refractivity contribution in [3.8, 4) is 6.19 Å². The minimum atomic E-state index is 1.57. The number of hydrazine groups is 1. The zero-order chi connectivity index (χ0) is 4.99. The standard InChI is InChI=1S/C3H7N3/c1-6(2)5-3-4/h5H,1-2H3. The number of nitrogens with one attached hydrogen (secondary N) is 1. The average Bonchev–Trinajstić information content (AvgIpc) is 1.35. The highest BCUT2D eigenvalue weighted by Gasteiger charge is 1.74. The zero-order valence-electron chi connectivity index (χ0n) is 3.89. The van der Waals surface area contributed by atoms with Crippen LogP contribution in [-0.2, 0) is 0 Å².